The van der Waals surface area contributed by atoms with E-state index >= 15 is 0 Å². The van der Waals surface area contributed by atoms with E-state index in [4.69, 9.17) is 5.11 Å². The standard InChI is InChI=1S/C11H9FN2O2S/c1-6-2-3-7(12)8(4-6)14-10-9(11(15)16)13-5-17-10/h2-5,14H,1H3,(H,15,16). The summed E-state index contributed by atoms with van der Waals surface area (Å²) in [4.78, 5) is 14.5. The first-order valence-corrected chi connectivity index (χ1v) is 5.66. The molecule has 0 bridgehead atoms. The Labute approximate surface area is 101 Å². The van der Waals surface area contributed by atoms with Gasteiger partial charge >= 0.3 is 5.97 Å². The van der Waals surface area contributed by atoms with E-state index in [1.54, 1.807) is 12.1 Å². The minimum atomic E-state index is -1.14. The van der Waals surface area contributed by atoms with E-state index in [0.717, 1.165) is 16.9 Å². The van der Waals surface area contributed by atoms with Crippen LogP contribution in [-0.4, -0.2) is 16.1 Å². The lowest BCUT2D eigenvalue weighted by Gasteiger charge is -2.06. The zero-order valence-corrected chi connectivity index (χ0v) is 9.71. The number of carboxylic acids is 1. The monoisotopic (exact) mass is 252 g/mol. The van der Waals surface area contributed by atoms with Crippen LogP contribution in [0, 0.1) is 12.7 Å². The number of nitrogens with zero attached hydrogens (tertiary/aromatic N) is 1. The van der Waals surface area contributed by atoms with Crippen LogP contribution >= 0.6 is 11.3 Å². The second-order valence-electron chi connectivity index (χ2n) is 3.44. The maximum atomic E-state index is 13.5. The molecule has 0 spiro atoms. The van der Waals surface area contributed by atoms with Gasteiger partial charge in [-0.2, -0.15) is 0 Å². The summed E-state index contributed by atoms with van der Waals surface area (Å²) in [6, 6.07) is 4.59. The Morgan fingerprint density at radius 2 is 2.29 bits per heavy atom. The fourth-order valence-corrected chi connectivity index (χ4v) is 2.03. The Hall–Kier alpha value is -1.95. The van der Waals surface area contributed by atoms with Crippen molar-refractivity contribution in [1.82, 2.24) is 4.98 Å². The van der Waals surface area contributed by atoms with Gasteiger partial charge < -0.3 is 10.4 Å². The molecule has 4 nitrogen and oxygen atoms in total. The average molecular weight is 252 g/mol. The third-order valence-electron chi connectivity index (χ3n) is 2.14. The number of carboxylic acid groups (broad SMARTS) is 1. The van der Waals surface area contributed by atoms with Crippen LogP contribution in [0.2, 0.25) is 0 Å². The summed E-state index contributed by atoms with van der Waals surface area (Å²) in [5, 5.41) is 11.9. The predicted molar refractivity (Wildman–Crippen MR) is 63.5 cm³/mol. The number of halogens is 1. The van der Waals surface area contributed by atoms with Gasteiger partial charge in [-0.3, -0.25) is 0 Å². The van der Waals surface area contributed by atoms with Crippen molar-refractivity contribution in [2.45, 2.75) is 6.92 Å². The number of carbonyl (C=O) groups is 1. The predicted octanol–water partition coefficient (Wildman–Crippen LogP) is 3.03. The highest BCUT2D eigenvalue weighted by atomic mass is 32.1. The Morgan fingerprint density at radius 1 is 1.53 bits per heavy atom. The summed E-state index contributed by atoms with van der Waals surface area (Å²) in [5.74, 6) is -1.57. The van der Waals surface area contributed by atoms with Gasteiger partial charge in [0.15, 0.2) is 5.69 Å². The highest BCUT2D eigenvalue weighted by molar-refractivity contribution is 7.14. The normalized spacial score (nSPS) is 10.2. The molecule has 2 aromatic rings. The van der Waals surface area contributed by atoms with Crippen LogP contribution < -0.4 is 5.32 Å². The molecule has 6 heteroatoms. The SMILES string of the molecule is Cc1ccc(F)c(Nc2scnc2C(=O)O)c1. The molecule has 17 heavy (non-hydrogen) atoms. The lowest BCUT2D eigenvalue weighted by Crippen LogP contribution is -2.02. The van der Waals surface area contributed by atoms with Crippen molar-refractivity contribution in [2.75, 3.05) is 5.32 Å². The van der Waals surface area contributed by atoms with Crippen molar-refractivity contribution in [1.29, 1.82) is 0 Å². The van der Waals surface area contributed by atoms with Crippen LogP contribution in [0.15, 0.2) is 23.7 Å². The molecule has 2 N–H and O–H groups in total. The van der Waals surface area contributed by atoms with Crippen LogP contribution in [0.1, 0.15) is 16.1 Å². The Kier molecular flexibility index (Phi) is 3.06. The maximum absolute atomic E-state index is 13.5. The third kappa shape index (κ3) is 2.42. The fourth-order valence-electron chi connectivity index (χ4n) is 1.34. The van der Waals surface area contributed by atoms with Gasteiger partial charge in [0.1, 0.15) is 10.8 Å². The molecular formula is C11H9FN2O2S. The summed E-state index contributed by atoms with van der Waals surface area (Å²) in [6.07, 6.45) is 0. The van der Waals surface area contributed by atoms with Crippen LogP contribution in [0.4, 0.5) is 15.1 Å². The lowest BCUT2D eigenvalue weighted by atomic mass is 10.2. The highest BCUT2D eigenvalue weighted by Gasteiger charge is 2.14. The molecule has 1 aromatic heterocycles. The number of rotatable bonds is 3. The number of anilines is 2. The molecule has 0 fully saturated rings. The minimum absolute atomic E-state index is 0.101. The molecule has 0 aliphatic heterocycles. The van der Waals surface area contributed by atoms with Gasteiger partial charge in [0.05, 0.1) is 11.2 Å². The van der Waals surface area contributed by atoms with Crippen LogP contribution in [0.25, 0.3) is 0 Å². The minimum Gasteiger partial charge on any atom is -0.476 e. The molecule has 0 aliphatic carbocycles. The molecule has 88 valence electrons. The van der Waals surface area contributed by atoms with E-state index in [0.29, 0.717) is 5.00 Å². The lowest BCUT2D eigenvalue weighted by molar-refractivity contribution is 0.0692. The van der Waals surface area contributed by atoms with E-state index in [1.165, 1.54) is 11.6 Å². The second-order valence-corrected chi connectivity index (χ2v) is 4.30. The van der Waals surface area contributed by atoms with E-state index in [-0.39, 0.29) is 11.4 Å². The summed E-state index contributed by atoms with van der Waals surface area (Å²) in [7, 11) is 0. The molecule has 0 amide bonds. The van der Waals surface area contributed by atoms with E-state index < -0.39 is 11.8 Å². The van der Waals surface area contributed by atoms with Crippen molar-refractivity contribution in [3.8, 4) is 0 Å². The molecule has 0 aliphatic rings. The van der Waals surface area contributed by atoms with Gasteiger partial charge in [-0.15, -0.1) is 11.3 Å². The topological polar surface area (TPSA) is 62.2 Å². The molecule has 0 saturated heterocycles. The molecular weight excluding hydrogens is 243 g/mol. The number of benzene rings is 1. The fraction of sp³-hybridized carbons (Fsp3) is 0.0909. The Balaban J connectivity index is 2.34. The van der Waals surface area contributed by atoms with Crippen molar-refractivity contribution < 1.29 is 14.3 Å². The Bertz CT molecular complexity index is 568. The van der Waals surface area contributed by atoms with Crippen molar-refractivity contribution >= 4 is 28.0 Å². The molecule has 1 aromatic carbocycles. The highest BCUT2D eigenvalue weighted by Crippen LogP contribution is 2.27. The number of hydrogen-bond acceptors (Lipinski definition) is 4. The average Bonchev–Trinajstić information content (AvgIpc) is 2.71. The first-order chi connectivity index (χ1) is 8.08. The van der Waals surface area contributed by atoms with E-state index in [2.05, 4.69) is 10.3 Å². The third-order valence-corrected chi connectivity index (χ3v) is 2.88. The van der Waals surface area contributed by atoms with E-state index in [9.17, 15) is 9.18 Å². The van der Waals surface area contributed by atoms with Crippen LogP contribution in [0.5, 0.6) is 0 Å². The summed E-state index contributed by atoms with van der Waals surface area (Å²) >= 11 is 1.12. The summed E-state index contributed by atoms with van der Waals surface area (Å²) in [5.41, 5.74) is 2.43. The summed E-state index contributed by atoms with van der Waals surface area (Å²) < 4.78 is 13.5. The molecule has 0 radical (unpaired) electrons. The van der Waals surface area contributed by atoms with Gasteiger partial charge in [-0.1, -0.05) is 6.07 Å². The van der Waals surface area contributed by atoms with Gasteiger partial charge in [-0.05, 0) is 24.6 Å². The zero-order valence-electron chi connectivity index (χ0n) is 8.90. The number of thiazole rings is 1. The van der Waals surface area contributed by atoms with E-state index in [1.807, 2.05) is 6.92 Å². The molecule has 0 saturated carbocycles. The van der Waals surface area contributed by atoms with Gasteiger partial charge in [-0.25, -0.2) is 14.2 Å². The first-order valence-electron chi connectivity index (χ1n) is 4.78. The first kappa shape index (κ1) is 11.5. The number of aromatic nitrogens is 1. The van der Waals surface area contributed by atoms with Crippen molar-refractivity contribution in [2.24, 2.45) is 0 Å². The molecule has 0 atom stereocenters. The van der Waals surface area contributed by atoms with Gasteiger partial charge in [0.25, 0.3) is 0 Å². The smallest absolute Gasteiger partial charge is 0.357 e. The number of aryl methyl sites for hydroxylation is 1. The van der Waals surface area contributed by atoms with Crippen molar-refractivity contribution in [3.05, 3.63) is 40.8 Å². The number of aromatic carboxylic acids is 1. The van der Waals surface area contributed by atoms with Crippen molar-refractivity contribution in [3.63, 3.8) is 0 Å². The number of hydrogen-bond donors (Lipinski definition) is 2. The largest absolute Gasteiger partial charge is 0.476 e. The quantitative estimate of drug-likeness (QED) is 0.881. The van der Waals surface area contributed by atoms with Crippen LogP contribution in [0.3, 0.4) is 0 Å². The number of nitrogens with one attached hydrogen (secondary N) is 1. The summed E-state index contributed by atoms with van der Waals surface area (Å²) in [6.45, 7) is 1.83. The Morgan fingerprint density at radius 3 is 3.00 bits per heavy atom. The van der Waals surface area contributed by atoms with Crippen LogP contribution in [-0.2, 0) is 0 Å². The zero-order chi connectivity index (χ0) is 12.4. The molecule has 0 unspecified atom stereocenters. The molecule has 1 heterocycles. The van der Waals surface area contributed by atoms with Gasteiger partial charge in [0.2, 0.25) is 0 Å². The second kappa shape index (κ2) is 4.50. The van der Waals surface area contributed by atoms with Gasteiger partial charge in [0, 0.05) is 0 Å². The maximum Gasteiger partial charge on any atom is 0.357 e. The molecule has 2 rings (SSSR count).